The van der Waals surface area contributed by atoms with Crippen molar-refractivity contribution >= 4 is 44.9 Å². The number of nitriles is 1. The van der Waals surface area contributed by atoms with Crippen LogP contribution in [0.15, 0.2) is 46.7 Å². The minimum Gasteiger partial charge on any atom is -0.479 e. The average Bonchev–Trinajstić information content (AvgIpc) is 3.18. The molecule has 2 heterocycles. The van der Waals surface area contributed by atoms with Crippen LogP contribution >= 0.6 is 22.9 Å². The van der Waals surface area contributed by atoms with Crippen LogP contribution in [0.3, 0.4) is 0 Å². The maximum atomic E-state index is 12.6. The van der Waals surface area contributed by atoms with E-state index in [2.05, 4.69) is 0 Å². The van der Waals surface area contributed by atoms with Gasteiger partial charge in [0.25, 0.3) is 10.0 Å². The molecule has 1 aromatic heterocycles. The van der Waals surface area contributed by atoms with Crippen molar-refractivity contribution in [3.05, 3.63) is 52.4 Å². The van der Waals surface area contributed by atoms with Crippen molar-refractivity contribution in [2.45, 2.75) is 4.21 Å². The predicted octanol–water partition coefficient (Wildman–Crippen LogP) is 2.85. The maximum Gasteiger partial charge on any atom is 0.252 e. The molecule has 0 saturated carbocycles. The van der Waals surface area contributed by atoms with Crippen LogP contribution in [0.4, 0.5) is 0 Å². The molecule has 1 saturated heterocycles. The zero-order chi connectivity index (χ0) is 20.9. The number of piperazine rings is 1. The van der Waals surface area contributed by atoms with Gasteiger partial charge in [-0.3, -0.25) is 4.79 Å². The van der Waals surface area contributed by atoms with Crippen molar-refractivity contribution < 1.29 is 17.9 Å². The standard InChI is InChI=1S/C19H18ClN3O4S2/c20-17-6-8-19(28-17)29(25,26)23-12-10-22(11-13-23)18(24)7-3-15-1-4-16(5-2-15)27-14-9-21/h1-8H,10-14H2/b7-3+. The Hall–Kier alpha value is -2.38. The number of benzene rings is 1. The SMILES string of the molecule is N#CCOc1ccc(/C=C/C(=O)N2CCN(S(=O)(=O)c3ccc(Cl)s3)CC2)cc1. The highest BCUT2D eigenvalue weighted by molar-refractivity contribution is 7.91. The molecule has 2 aromatic rings. The molecule has 0 atom stereocenters. The minimum absolute atomic E-state index is 0.0190. The largest absolute Gasteiger partial charge is 0.479 e. The quantitative estimate of drug-likeness (QED) is 0.630. The van der Waals surface area contributed by atoms with E-state index in [0.717, 1.165) is 16.9 Å². The Labute approximate surface area is 178 Å². The Morgan fingerprint density at radius 2 is 1.86 bits per heavy atom. The van der Waals surface area contributed by atoms with Crippen molar-refractivity contribution in [2.24, 2.45) is 0 Å². The molecule has 7 nitrogen and oxygen atoms in total. The van der Waals surface area contributed by atoms with Crippen LogP contribution in [-0.4, -0.2) is 56.3 Å². The summed E-state index contributed by atoms with van der Waals surface area (Å²) < 4.78 is 32.4. The van der Waals surface area contributed by atoms with Crippen LogP contribution in [-0.2, 0) is 14.8 Å². The summed E-state index contributed by atoms with van der Waals surface area (Å²) in [5.41, 5.74) is 0.818. The highest BCUT2D eigenvalue weighted by atomic mass is 35.5. The summed E-state index contributed by atoms with van der Waals surface area (Å²) in [6.07, 6.45) is 3.15. The second-order valence-corrected chi connectivity index (χ2v) is 10.0. The Bertz CT molecular complexity index is 1030. The van der Waals surface area contributed by atoms with E-state index < -0.39 is 10.0 Å². The van der Waals surface area contributed by atoms with Crippen LogP contribution in [0, 0.1) is 11.3 Å². The van der Waals surface area contributed by atoms with Crippen LogP contribution in [0.1, 0.15) is 5.56 Å². The van der Waals surface area contributed by atoms with E-state index in [1.807, 2.05) is 6.07 Å². The first kappa shape index (κ1) is 21.3. The Kier molecular flexibility index (Phi) is 6.92. The van der Waals surface area contributed by atoms with Gasteiger partial charge in [0.2, 0.25) is 5.91 Å². The van der Waals surface area contributed by atoms with Crippen LogP contribution in [0.2, 0.25) is 4.34 Å². The summed E-state index contributed by atoms with van der Waals surface area (Å²) in [6.45, 7) is 1.10. The summed E-state index contributed by atoms with van der Waals surface area (Å²) in [6, 6.07) is 12.0. The van der Waals surface area contributed by atoms with Gasteiger partial charge in [-0.25, -0.2) is 8.42 Å². The van der Waals surface area contributed by atoms with E-state index in [1.165, 1.54) is 16.4 Å². The summed E-state index contributed by atoms with van der Waals surface area (Å²) in [5.74, 6) is 0.408. The van der Waals surface area contributed by atoms with Gasteiger partial charge in [-0.1, -0.05) is 23.7 Å². The van der Waals surface area contributed by atoms with Crippen molar-refractivity contribution in [1.82, 2.24) is 9.21 Å². The Balaban J connectivity index is 1.55. The van der Waals surface area contributed by atoms with Gasteiger partial charge < -0.3 is 9.64 Å². The number of halogens is 1. The lowest BCUT2D eigenvalue weighted by Crippen LogP contribution is -2.50. The number of nitrogens with zero attached hydrogens (tertiary/aromatic N) is 3. The van der Waals surface area contributed by atoms with E-state index in [9.17, 15) is 13.2 Å². The number of carbonyl (C=O) groups excluding carboxylic acids is 1. The first-order valence-corrected chi connectivity index (χ1v) is 11.4. The number of thiophene rings is 1. The molecular weight excluding hydrogens is 434 g/mol. The maximum absolute atomic E-state index is 12.6. The predicted molar refractivity (Wildman–Crippen MR) is 111 cm³/mol. The Morgan fingerprint density at radius 1 is 1.17 bits per heavy atom. The number of hydrogen-bond acceptors (Lipinski definition) is 6. The second-order valence-electron chi connectivity index (χ2n) is 6.14. The molecule has 1 fully saturated rings. The van der Waals surface area contributed by atoms with Gasteiger partial charge >= 0.3 is 0 Å². The smallest absolute Gasteiger partial charge is 0.252 e. The lowest BCUT2D eigenvalue weighted by molar-refractivity contribution is -0.127. The van der Waals surface area contributed by atoms with Crippen molar-refractivity contribution in [3.63, 3.8) is 0 Å². The molecule has 1 aliphatic heterocycles. The lowest BCUT2D eigenvalue weighted by atomic mass is 10.2. The Morgan fingerprint density at radius 3 is 2.45 bits per heavy atom. The fourth-order valence-corrected chi connectivity index (χ4v) is 5.84. The van der Waals surface area contributed by atoms with E-state index in [1.54, 1.807) is 41.3 Å². The van der Waals surface area contributed by atoms with E-state index in [-0.39, 0.29) is 29.8 Å². The zero-order valence-electron chi connectivity index (χ0n) is 15.3. The highest BCUT2D eigenvalue weighted by Gasteiger charge is 2.30. The van der Waals surface area contributed by atoms with Gasteiger partial charge in [0, 0.05) is 32.3 Å². The number of amides is 1. The highest BCUT2D eigenvalue weighted by Crippen LogP contribution is 2.28. The number of rotatable bonds is 6. The van der Waals surface area contributed by atoms with Gasteiger partial charge in [-0.15, -0.1) is 11.3 Å². The normalized spacial score (nSPS) is 15.4. The van der Waals surface area contributed by atoms with Crippen molar-refractivity contribution in [3.8, 4) is 11.8 Å². The molecule has 0 bridgehead atoms. The fraction of sp³-hybridized carbons (Fsp3) is 0.263. The molecule has 10 heteroatoms. The molecule has 1 amide bonds. The number of carbonyl (C=O) groups is 1. The zero-order valence-corrected chi connectivity index (χ0v) is 17.7. The monoisotopic (exact) mass is 451 g/mol. The first-order valence-electron chi connectivity index (χ1n) is 8.72. The summed E-state index contributed by atoms with van der Waals surface area (Å²) in [4.78, 5) is 14.0. The van der Waals surface area contributed by atoms with Gasteiger partial charge in [-0.05, 0) is 35.9 Å². The van der Waals surface area contributed by atoms with Crippen molar-refractivity contribution in [2.75, 3.05) is 32.8 Å². The molecular formula is C19H18ClN3O4S2. The topological polar surface area (TPSA) is 90.7 Å². The van der Waals surface area contributed by atoms with Crippen LogP contribution < -0.4 is 4.74 Å². The van der Waals surface area contributed by atoms with Gasteiger partial charge in [0.05, 0.1) is 4.34 Å². The lowest BCUT2D eigenvalue weighted by Gasteiger charge is -2.33. The molecule has 0 N–H and O–H groups in total. The third-order valence-electron chi connectivity index (χ3n) is 4.29. The number of ether oxygens (including phenoxy) is 1. The molecule has 0 spiro atoms. The molecule has 0 aliphatic carbocycles. The van der Waals surface area contributed by atoms with E-state index in [0.29, 0.717) is 23.2 Å². The van der Waals surface area contributed by atoms with Crippen LogP contribution in [0.25, 0.3) is 6.08 Å². The van der Waals surface area contributed by atoms with Crippen LogP contribution in [0.5, 0.6) is 5.75 Å². The third kappa shape index (κ3) is 5.36. The number of sulfonamides is 1. The molecule has 0 unspecified atom stereocenters. The summed E-state index contributed by atoms with van der Waals surface area (Å²) in [5, 5.41) is 8.50. The number of hydrogen-bond donors (Lipinski definition) is 0. The average molecular weight is 452 g/mol. The second kappa shape index (κ2) is 9.41. The van der Waals surface area contributed by atoms with Gasteiger partial charge in [-0.2, -0.15) is 9.57 Å². The van der Waals surface area contributed by atoms with E-state index >= 15 is 0 Å². The summed E-state index contributed by atoms with van der Waals surface area (Å²) >= 11 is 6.87. The minimum atomic E-state index is -3.58. The van der Waals surface area contributed by atoms with Gasteiger partial charge in [0.15, 0.2) is 6.61 Å². The molecule has 29 heavy (non-hydrogen) atoms. The van der Waals surface area contributed by atoms with E-state index in [4.69, 9.17) is 21.6 Å². The summed E-state index contributed by atoms with van der Waals surface area (Å²) in [7, 11) is -3.58. The molecule has 1 aromatic carbocycles. The molecule has 1 aliphatic rings. The fourth-order valence-electron chi connectivity index (χ4n) is 2.78. The molecule has 0 radical (unpaired) electrons. The van der Waals surface area contributed by atoms with Crippen molar-refractivity contribution in [1.29, 1.82) is 5.26 Å². The van der Waals surface area contributed by atoms with Gasteiger partial charge in [0.1, 0.15) is 16.0 Å². The molecule has 152 valence electrons. The molecule has 3 rings (SSSR count). The third-order valence-corrected chi connectivity index (χ3v) is 7.89. The first-order chi connectivity index (χ1) is 13.9.